The second-order valence-corrected chi connectivity index (χ2v) is 11.8. The van der Waals surface area contributed by atoms with Crippen LogP contribution in [0, 0.1) is 17.8 Å². The average Bonchev–Trinajstić information content (AvgIpc) is 3.51. The van der Waals surface area contributed by atoms with Crippen molar-refractivity contribution in [1.82, 2.24) is 10.2 Å². The molecule has 3 heterocycles. The van der Waals surface area contributed by atoms with Crippen LogP contribution in [0.25, 0.3) is 0 Å². The van der Waals surface area contributed by atoms with Gasteiger partial charge < -0.3 is 20.1 Å². The highest BCUT2D eigenvalue weighted by Gasteiger charge is 2.76. The van der Waals surface area contributed by atoms with E-state index in [9.17, 15) is 19.5 Å². The molecule has 7 nitrogen and oxygen atoms in total. The number of likely N-dealkylation sites (tertiary alicyclic amines) is 1. The lowest BCUT2D eigenvalue weighted by Crippen LogP contribution is -2.58. The van der Waals surface area contributed by atoms with Crippen LogP contribution in [0.2, 0.25) is 0 Å². The summed E-state index contributed by atoms with van der Waals surface area (Å²) in [7, 11) is 0. The SMILES string of the molecule is CCOC(=O)[C@@H]1[C@@H]2CC(C)C3(S2)C(C(=O)NCc2ccccc2)N([C@@H](CO)Cc2ccccc2)C(=O)[C@H]13. The van der Waals surface area contributed by atoms with Gasteiger partial charge in [0, 0.05) is 11.8 Å². The van der Waals surface area contributed by atoms with Crippen molar-refractivity contribution >= 4 is 29.5 Å². The fourth-order valence-corrected chi connectivity index (χ4v) is 9.07. The molecule has 196 valence electrons. The molecule has 0 radical (unpaired) electrons. The quantitative estimate of drug-likeness (QED) is 0.492. The number of amides is 2. The van der Waals surface area contributed by atoms with Crippen LogP contribution >= 0.6 is 11.8 Å². The Balaban J connectivity index is 1.53. The molecule has 2 amide bonds. The van der Waals surface area contributed by atoms with Crippen LogP contribution in [0.4, 0.5) is 0 Å². The summed E-state index contributed by atoms with van der Waals surface area (Å²) in [5.41, 5.74) is 1.93. The molecule has 3 unspecified atom stereocenters. The molecule has 2 aromatic carbocycles. The van der Waals surface area contributed by atoms with Crippen LogP contribution < -0.4 is 5.32 Å². The normalized spacial score (nSPS) is 30.7. The van der Waals surface area contributed by atoms with E-state index in [-0.39, 0.29) is 42.2 Å². The molecule has 3 aliphatic rings. The zero-order valence-electron chi connectivity index (χ0n) is 21.2. The number of nitrogens with zero attached hydrogens (tertiary/aromatic N) is 1. The molecule has 0 aromatic heterocycles. The van der Waals surface area contributed by atoms with Crippen LogP contribution in [0.5, 0.6) is 0 Å². The van der Waals surface area contributed by atoms with Crippen LogP contribution in [0.1, 0.15) is 31.4 Å². The number of hydrogen-bond donors (Lipinski definition) is 2. The topological polar surface area (TPSA) is 95.9 Å². The highest BCUT2D eigenvalue weighted by molar-refractivity contribution is 8.02. The first kappa shape index (κ1) is 25.8. The average molecular weight is 523 g/mol. The van der Waals surface area contributed by atoms with E-state index in [1.165, 1.54) is 0 Å². The lowest BCUT2D eigenvalue weighted by molar-refractivity contribution is -0.154. The molecule has 1 spiro atoms. The number of carbonyl (C=O) groups excluding carboxylic acids is 3. The van der Waals surface area contributed by atoms with Gasteiger partial charge in [-0.3, -0.25) is 14.4 Å². The molecule has 2 aromatic rings. The number of aliphatic hydroxyl groups is 1. The van der Waals surface area contributed by atoms with Crippen LogP contribution in [-0.2, 0) is 32.1 Å². The maximum atomic E-state index is 14.2. The summed E-state index contributed by atoms with van der Waals surface area (Å²) in [4.78, 5) is 42.9. The lowest BCUT2D eigenvalue weighted by atomic mass is 9.66. The Kier molecular flexibility index (Phi) is 7.32. The minimum Gasteiger partial charge on any atom is -0.466 e. The molecule has 3 saturated heterocycles. The summed E-state index contributed by atoms with van der Waals surface area (Å²) in [6.45, 7) is 4.15. The summed E-state index contributed by atoms with van der Waals surface area (Å²) in [6.07, 6.45) is 1.16. The number of benzene rings is 2. The van der Waals surface area contributed by atoms with Gasteiger partial charge in [0.05, 0.1) is 35.8 Å². The van der Waals surface area contributed by atoms with Crippen molar-refractivity contribution in [3.63, 3.8) is 0 Å². The second kappa shape index (κ2) is 10.5. The van der Waals surface area contributed by atoms with Gasteiger partial charge in [0.1, 0.15) is 6.04 Å². The standard InChI is InChI=1S/C29H34N2O5S/c1-3-36-28(35)23-22-14-18(2)29(37-22)24(23)27(34)31(21(17-32)15-19-10-6-4-7-11-19)25(29)26(33)30-16-20-12-8-5-9-13-20/h4-13,18,21-25,32H,3,14-17H2,1-2H3,(H,30,33)/t18?,21-,22+,23-,24+,25?,29?/m1/s1. The minimum atomic E-state index is -0.793. The number of carbonyl (C=O) groups is 3. The number of aliphatic hydroxyl groups excluding tert-OH is 1. The van der Waals surface area contributed by atoms with E-state index >= 15 is 0 Å². The fraction of sp³-hybridized carbons (Fsp3) is 0.483. The zero-order chi connectivity index (χ0) is 26.2. The van der Waals surface area contributed by atoms with E-state index < -0.39 is 28.7 Å². The molecular weight excluding hydrogens is 488 g/mol. The number of esters is 1. The van der Waals surface area contributed by atoms with Gasteiger partial charge in [-0.05, 0) is 36.8 Å². The van der Waals surface area contributed by atoms with Crippen molar-refractivity contribution in [2.24, 2.45) is 17.8 Å². The predicted molar refractivity (Wildman–Crippen MR) is 141 cm³/mol. The summed E-state index contributed by atoms with van der Waals surface area (Å²) >= 11 is 1.61. The highest BCUT2D eigenvalue weighted by Crippen LogP contribution is 2.68. The van der Waals surface area contributed by atoms with E-state index in [4.69, 9.17) is 4.74 Å². The number of thioether (sulfide) groups is 1. The van der Waals surface area contributed by atoms with E-state index in [0.717, 1.165) is 17.5 Å². The smallest absolute Gasteiger partial charge is 0.310 e. The molecule has 5 rings (SSSR count). The van der Waals surface area contributed by atoms with Crippen molar-refractivity contribution in [2.75, 3.05) is 13.2 Å². The van der Waals surface area contributed by atoms with Crippen molar-refractivity contribution < 1.29 is 24.2 Å². The Morgan fingerprint density at radius 3 is 2.41 bits per heavy atom. The highest BCUT2D eigenvalue weighted by atomic mass is 32.2. The lowest BCUT2D eigenvalue weighted by Gasteiger charge is -2.40. The van der Waals surface area contributed by atoms with Gasteiger partial charge in [0.2, 0.25) is 11.8 Å². The predicted octanol–water partition coefficient (Wildman–Crippen LogP) is 2.81. The first-order valence-corrected chi connectivity index (χ1v) is 13.9. The van der Waals surface area contributed by atoms with Gasteiger partial charge in [-0.15, -0.1) is 11.8 Å². The van der Waals surface area contributed by atoms with Crippen LogP contribution in [0.3, 0.4) is 0 Å². The van der Waals surface area contributed by atoms with E-state index in [0.29, 0.717) is 13.0 Å². The largest absolute Gasteiger partial charge is 0.466 e. The van der Waals surface area contributed by atoms with Gasteiger partial charge in [-0.1, -0.05) is 67.6 Å². The molecule has 37 heavy (non-hydrogen) atoms. The summed E-state index contributed by atoms with van der Waals surface area (Å²) in [5, 5.41) is 13.5. The van der Waals surface area contributed by atoms with Crippen molar-refractivity contribution in [1.29, 1.82) is 0 Å². The van der Waals surface area contributed by atoms with Crippen molar-refractivity contribution in [2.45, 2.75) is 55.3 Å². The monoisotopic (exact) mass is 522 g/mol. The molecule has 8 heteroatoms. The van der Waals surface area contributed by atoms with Gasteiger partial charge in [0.25, 0.3) is 0 Å². The molecule has 3 aliphatic heterocycles. The Labute approximate surface area is 222 Å². The third kappa shape index (κ3) is 4.34. The van der Waals surface area contributed by atoms with Gasteiger partial charge >= 0.3 is 5.97 Å². The molecule has 0 saturated carbocycles. The van der Waals surface area contributed by atoms with Gasteiger partial charge in [-0.25, -0.2) is 0 Å². The zero-order valence-corrected chi connectivity index (χ0v) is 22.0. The first-order valence-electron chi connectivity index (χ1n) is 13.0. The van der Waals surface area contributed by atoms with E-state index in [1.54, 1.807) is 23.6 Å². The minimum absolute atomic E-state index is 0.0515. The van der Waals surface area contributed by atoms with Gasteiger partial charge in [0.15, 0.2) is 0 Å². The number of ether oxygens (including phenoxy) is 1. The maximum Gasteiger partial charge on any atom is 0.310 e. The number of fused-ring (bicyclic) bond motifs is 1. The number of nitrogens with one attached hydrogen (secondary N) is 1. The fourth-order valence-electron chi connectivity index (χ4n) is 6.68. The maximum absolute atomic E-state index is 14.2. The molecule has 2 bridgehead atoms. The summed E-state index contributed by atoms with van der Waals surface area (Å²) < 4.78 is 4.67. The first-order chi connectivity index (χ1) is 17.9. The molecule has 3 fully saturated rings. The van der Waals surface area contributed by atoms with Gasteiger partial charge in [-0.2, -0.15) is 0 Å². The third-order valence-electron chi connectivity index (χ3n) is 8.22. The Bertz CT molecular complexity index is 1150. The molecule has 0 aliphatic carbocycles. The Hall–Kier alpha value is -2.84. The number of hydrogen-bond acceptors (Lipinski definition) is 6. The summed E-state index contributed by atoms with van der Waals surface area (Å²) in [5.74, 6) is -2.01. The Morgan fingerprint density at radius 1 is 1.14 bits per heavy atom. The van der Waals surface area contributed by atoms with Crippen LogP contribution in [0.15, 0.2) is 60.7 Å². The second-order valence-electron chi connectivity index (χ2n) is 10.3. The van der Waals surface area contributed by atoms with Crippen LogP contribution in [-0.4, -0.2) is 63.1 Å². The van der Waals surface area contributed by atoms with Crippen molar-refractivity contribution in [3.05, 3.63) is 71.8 Å². The molecular formula is C29H34N2O5S. The number of rotatable bonds is 9. The summed E-state index contributed by atoms with van der Waals surface area (Å²) in [6, 6.07) is 17.9. The Morgan fingerprint density at radius 2 is 1.78 bits per heavy atom. The van der Waals surface area contributed by atoms with E-state index in [1.807, 2.05) is 60.7 Å². The van der Waals surface area contributed by atoms with Crippen molar-refractivity contribution in [3.8, 4) is 0 Å². The van der Waals surface area contributed by atoms with E-state index in [2.05, 4.69) is 12.2 Å². The third-order valence-corrected chi connectivity index (χ3v) is 10.3. The molecule has 2 N–H and O–H groups in total. The molecule has 7 atom stereocenters.